The topological polar surface area (TPSA) is 96.0 Å². The fourth-order valence-corrected chi connectivity index (χ4v) is 3.60. The number of benzene rings is 3. The Morgan fingerprint density at radius 2 is 1.46 bits per heavy atom. The van der Waals surface area contributed by atoms with Crippen molar-refractivity contribution in [2.45, 2.75) is 50.2 Å². The Morgan fingerprint density at radius 1 is 0.973 bits per heavy atom. The maximum Gasteiger partial charge on any atom is 0.416 e. The van der Waals surface area contributed by atoms with Crippen LogP contribution in [0.4, 0.5) is 13.2 Å². The SMILES string of the molecule is CCC(C(=N)c1ccc(Cl)cc1)c1ccccc1.CNC(C)C.NS(=O)(=O)c1ccc(C(F)(F)F)cc1. The van der Waals surface area contributed by atoms with Crippen LogP contribution >= 0.6 is 11.6 Å². The number of halogens is 4. The van der Waals surface area contributed by atoms with E-state index in [0.29, 0.717) is 28.9 Å². The molecule has 4 N–H and O–H groups in total. The molecule has 0 fully saturated rings. The summed E-state index contributed by atoms with van der Waals surface area (Å²) in [5.74, 6) is 0.146. The van der Waals surface area contributed by atoms with Gasteiger partial charge in [0.2, 0.25) is 10.0 Å². The molecule has 10 heteroatoms. The summed E-state index contributed by atoms with van der Waals surface area (Å²) in [7, 11) is -1.98. The van der Waals surface area contributed by atoms with E-state index in [-0.39, 0.29) is 10.8 Å². The average Bonchev–Trinajstić information content (AvgIpc) is 2.85. The number of sulfonamides is 1. The van der Waals surface area contributed by atoms with Crippen molar-refractivity contribution in [3.8, 4) is 0 Å². The molecule has 1 unspecified atom stereocenters. The van der Waals surface area contributed by atoms with Crippen LogP contribution in [0.25, 0.3) is 0 Å². The summed E-state index contributed by atoms with van der Waals surface area (Å²) in [6, 6.07) is 21.3. The summed E-state index contributed by atoms with van der Waals surface area (Å²) in [5, 5.41) is 16.8. The van der Waals surface area contributed by atoms with Crippen molar-refractivity contribution in [1.82, 2.24) is 5.32 Å². The molecular formula is C27H33ClF3N3O2S. The number of rotatable bonds is 6. The molecular weight excluding hydrogens is 523 g/mol. The van der Waals surface area contributed by atoms with Crippen molar-refractivity contribution in [3.05, 3.63) is 101 Å². The molecule has 202 valence electrons. The molecule has 0 aliphatic carbocycles. The Labute approximate surface area is 222 Å². The maximum absolute atomic E-state index is 12.0. The van der Waals surface area contributed by atoms with E-state index in [4.69, 9.17) is 22.1 Å². The van der Waals surface area contributed by atoms with Gasteiger partial charge in [0.25, 0.3) is 0 Å². The Hall–Kier alpha value is -2.72. The summed E-state index contributed by atoms with van der Waals surface area (Å²) in [6.45, 7) is 6.34. The smallest absolute Gasteiger partial charge is 0.318 e. The van der Waals surface area contributed by atoms with Crippen LogP contribution in [0.15, 0.2) is 83.8 Å². The van der Waals surface area contributed by atoms with Crippen molar-refractivity contribution in [2.75, 3.05) is 7.05 Å². The summed E-state index contributed by atoms with van der Waals surface area (Å²) >= 11 is 5.88. The van der Waals surface area contributed by atoms with Crippen LogP contribution in [0.2, 0.25) is 5.02 Å². The highest BCUT2D eigenvalue weighted by molar-refractivity contribution is 7.89. The Morgan fingerprint density at radius 3 is 1.84 bits per heavy atom. The zero-order valence-electron chi connectivity index (χ0n) is 21.2. The monoisotopic (exact) mass is 555 g/mol. The lowest BCUT2D eigenvalue weighted by atomic mass is 9.88. The third kappa shape index (κ3) is 11.5. The van der Waals surface area contributed by atoms with Crippen LogP contribution in [0.5, 0.6) is 0 Å². The second-order valence-corrected chi connectivity index (χ2v) is 10.3. The van der Waals surface area contributed by atoms with Gasteiger partial charge in [-0.05, 0) is 61.0 Å². The standard InChI is InChI=1S/C16H16ClN.C7H6F3NO2S.C4H11N/c1-2-15(12-6-4-3-5-7-12)16(18)13-8-10-14(17)11-9-13;8-7(9,10)5-1-3-6(4-2-5)14(11,12)13;1-4(2)5-3/h3-11,15,18H,2H2,1H3;1-4H,(H2,11,12,13);4-5H,1-3H3. The van der Waals surface area contributed by atoms with Gasteiger partial charge in [0.05, 0.1) is 10.5 Å². The Bertz CT molecular complexity index is 1200. The molecule has 3 aromatic rings. The van der Waals surface area contributed by atoms with Gasteiger partial charge in [-0.3, -0.25) is 0 Å². The van der Waals surface area contributed by atoms with E-state index in [0.717, 1.165) is 24.1 Å². The van der Waals surface area contributed by atoms with Crippen molar-refractivity contribution < 1.29 is 21.6 Å². The summed E-state index contributed by atoms with van der Waals surface area (Å²) < 4.78 is 57.5. The van der Waals surface area contributed by atoms with E-state index in [9.17, 15) is 21.6 Å². The van der Waals surface area contributed by atoms with Crippen LogP contribution < -0.4 is 10.5 Å². The van der Waals surface area contributed by atoms with Crippen LogP contribution in [-0.2, 0) is 16.2 Å². The second-order valence-electron chi connectivity index (χ2n) is 8.30. The van der Waals surface area contributed by atoms with Crippen molar-refractivity contribution in [1.29, 1.82) is 5.41 Å². The molecule has 0 aromatic heterocycles. The third-order valence-electron chi connectivity index (χ3n) is 5.20. The number of hydrogen-bond donors (Lipinski definition) is 3. The average molecular weight is 556 g/mol. The third-order valence-corrected chi connectivity index (χ3v) is 6.38. The number of primary sulfonamides is 1. The van der Waals surface area contributed by atoms with Gasteiger partial charge in [0.1, 0.15) is 0 Å². The minimum absolute atomic E-state index is 0.146. The molecule has 0 amide bonds. The fraction of sp³-hybridized carbons (Fsp3) is 0.296. The lowest BCUT2D eigenvalue weighted by molar-refractivity contribution is -0.137. The van der Waals surface area contributed by atoms with E-state index in [1.54, 1.807) is 0 Å². The van der Waals surface area contributed by atoms with Gasteiger partial charge in [-0.2, -0.15) is 13.2 Å². The van der Waals surface area contributed by atoms with Gasteiger partial charge in [-0.25, -0.2) is 13.6 Å². The van der Waals surface area contributed by atoms with Gasteiger partial charge < -0.3 is 10.7 Å². The highest BCUT2D eigenvalue weighted by Gasteiger charge is 2.30. The molecule has 3 rings (SSSR count). The lowest BCUT2D eigenvalue weighted by Crippen LogP contribution is -2.15. The normalized spacial score (nSPS) is 12.1. The molecule has 0 bridgehead atoms. The number of nitrogens with two attached hydrogens (primary N) is 1. The zero-order chi connectivity index (χ0) is 28.2. The predicted molar refractivity (Wildman–Crippen MR) is 145 cm³/mol. The molecule has 0 saturated carbocycles. The largest absolute Gasteiger partial charge is 0.416 e. The van der Waals surface area contributed by atoms with E-state index < -0.39 is 21.8 Å². The van der Waals surface area contributed by atoms with Gasteiger partial charge >= 0.3 is 6.18 Å². The molecule has 0 heterocycles. The first-order valence-corrected chi connectivity index (χ1v) is 13.4. The van der Waals surface area contributed by atoms with E-state index in [2.05, 4.69) is 38.2 Å². The summed E-state index contributed by atoms with van der Waals surface area (Å²) in [5.41, 5.74) is 1.88. The maximum atomic E-state index is 12.0. The molecule has 0 spiro atoms. The summed E-state index contributed by atoms with van der Waals surface area (Å²) in [6.07, 6.45) is -3.55. The molecule has 3 aromatic carbocycles. The summed E-state index contributed by atoms with van der Waals surface area (Å²) in [4.78, 5) is -0.342. The Kier molecular flexibility index (Phi) is 13.0. The van der Waals surface area contributed by atoms with Crippen LogP contribution in [-0.4, -0.2) is 27.2 Å². The van der Waals surface area contributed by atoms with Crippen LogP contribution in [0.1, 0.15) is 49.8 Å². The highest BCUT2D eigenvalue weighted by Crippen LogP contribution is 2.29. The van der Waals surface area contributed by atoms with Gasteiger partial charge in [0, 0.05) is 22.7 Å². The van der Waals surface area contributed by atoms with Crippen LogP contribution in [0.3, 0.4) is 0 Å². The first-order valence-electron chi connectivity index (χ1n) is 11.5. The van der Waals surface area contributed by atoms with E-state index in [1.165, 1.54) is 5.56 Å². The van der Waals surface area contributed by atoms with Crippen LogP contribution in [0, 0.1) is 5.41 Å². The van der Waals surface area contributed by atoms with Gasteiger partial charge in [-0.1, -0.05) is 74.8 Å². The lowest BCUT2D eigenvalue weighted by Gasteiger charge is -2.17. The van der Waals surface area contributed by atoms with Crippen molar-refractivity contribution in [2.24, 2.45) is 5.14 Å². The van der Waals surface area contributed by atoms with Crippen molar-refractivity contribution >= 4 is 27.3 Å². The van der Waals surface area contributed by atoms with Gasteiger partial charge in [0.15, 0.2) is 0 Å². The molecule has 5 nitrogen and oxygen atoms in total. The Balaban J connectivity index is 0.000000321. The zero-order valence-corrected chi connectivity index (χ0v) is 22.8. The van der Waals surface area contributed by atoms with E-state index in [1.807, 2.05) is 49.5 Å². The quantitative estimate of drug-likeness (QED) is 0.290. The first-order chi connectivity index (χ1) is 17.2. The first kappa shape index (κ1) is 32.3. The molecule has 0 aliphatic rings. The fourth-order valence-electron chi connectivity index (χ4n) is 2.96. The number of hydrogen-bond acceptors (Lipinski definition) is 4. The highest BCUT2D eigenvalue weighted by atomic mass is 35.5. The minimum Gasteiger partial charge on any atom is -0.318 e. The number of nitrogens with one attached hydrogen (secondary N) is 2. The minimum atomic E-state index is -4.48. The van der Waals surface area contributed by atoms with Crippen molar-refractivity contribution in [3.63, 3.8) is 0 Å². The predicted octanol–water partition coefficient (Wildman–Crippen LogP) is 6.87. The van der Waals surface area contributed by atoms with E-state index >= 15 is 0 Å². The molecule has 37 heavy (non-hydrogen) atoms. The molecule has 0 saturated heterocycles. The molecule has 1 atom stereocenters. The molecule has 0 radical (unpaired) electrons. The number of alkyl halides is 3. The molecule has 0 aliphatic heterocycles. The second kappa shape index (κ2) is 14.9. The van der Waals surface area contributed by atoms with Gasteiger partial charge in [-0.15, -0.1) is 0 Å².